The van der Waals surface area contributed by atoms with Gasteiger partial charge in [0.1, 0.15) is 0 Å². The summed E-state index contributed by atoms with van der Waals surface area (Å²) < 4.78 is 12.5. The number of hydrogen-bond acceptors (Lipinski definition) is 4. The zero-order valence-electron chi connectivity index (χ0n) is 15.0. The zero-order chi connectivity index (χ0) is 19.0. The topological polar surface area (TPSA) is 65.4 Å². The summed E-state index contributed by atoms with van der Waals surface area (Å²) in [6.45, 7) is 4.06. The molecule has 1 aromatic heterocycles. The summed E-state index contributed by atoms with van der Waals surface area (Å²) >= 11 is 5.96. The second-order valence-electron chi connectivity index (χ2n) is 6.33. The molecule has 0 atom stereocenters. The maximum atomic E-state index is 12.5. The predicted octanol–water partition coefficient (Wildman–Crippen LogP) is 4.05. The van der Waals surface area contributed by atoms with Crippen LogP contribution >= 0.6 is 11.6 Å². The molecule has 1 aliphatic heterocycles. The molecule has 0 saturated heterocycles. The van der Waals surface area contributed by atoms with Crippen LogP contribution in [0.2, 0.25) is 5.02 Å². The molecular formula is C20H18ClN3O3. The van der Waals surface area contributed by atoms with Gasteiger partial charge in [-0.2, -0.15) is 5.10 Å². The van der Waals surface area contributed by atoms with Crippen molar-refractivity contribution < 1.29 is 14.3 Å². The van der Waals surface area contributed by atoms with Gasteiger partial charge in [0.15, 0.2) is 11.5 Å². The molecule has 2 aromatic carbocycles. The van der Waals surface area contributed by atoms with Crippen LogP contribution in [0.4, 0.5) is 5.69 Å². The number of amides is 1. The Morgan fingerprint density at radius 3 is 2.67 bits per heavy atom. The lowest BCUT2D eigenvalue weighted by Gasteiger charge is -2.08. The van der Waals surface area contributed by atoms with Crippen LogP contribution in [0.1, 0.15) is 17.0 Å². The number of aromatic nitrogens is 2. The monoisotopic (exact) mass is 383 g/mol. The molecule has 0 bridgehead atoms. The molecule has 0 radical (unpaired) electrons. The van der Waals surface area contributed by atoms with E-state index >= 15 is 0 Å². The van der Waals surface area contributed by atoms with E-state index in [2.05, 4.69) is 10.4 Å². The van der Waals surface area contributed by atoms with E-state index in [4.69, 9.17) is 21.1 Å². The van der Waals surface area contributed by atoms with Gasteiger partial charge in [-0.15, -0.1) is 0 Å². The van der Waals surface area contributed by atoms with Crippen molar-refractivity contribution in [3.05, 3.63) is 64.4 Å². The normalized spacial score (nSPS) is 12.3. The zero-order valence-corrected chi connectivity index (χ0v) is 15.7. The number of hydrogen-bond donors (Lipinski definition) is 1. The Kier molecular flexibility index (Phi) is 4.49. The Labute approximate surface area is 161 Å². The third kappa shape index (κ3) is 3.48. The van der Waals surface area contributed by atoms with Gasteiger partial charge in [-0.1, -0.05) is 11.6 Å². The lowest BCUT2D eigenvalue weighted by atomic mass is 10.1. The number of nitrogens with one attached hydrogen (secondary N) is 1. The number of carbonyl (C=O) groups is 1. The second-order valence-corrected chi connectivity index (χ2v) is 6.77. The summed E-state index contributed by atoms with van der Waals surface area (Å²) in [4.78, 5) is 12.5. The first kappa shape index (κ1) is 17.4. The van der Waals surface area contributed by atoms with E-state index in [0.717, 1.165) is 22.6 Å². The summed E-state index contributed by atoms with van der Waals surface area (Å²) in [7, 11) is 0. The summed E-state index contributed by atoms with van der Waals surface area (Å²) in [6, 6.07) is 12.8. The number of nitrogens with zero attached hydrogens (tertiary/aromatic N) is 2. The Morgan fingerprint density at radius 1 is 1.15 bits per heavy atom. The van der Waals surface area contributed by atoms with E-state index in [1.165, 1.54) is 0 Å². The van der Waals surface area contributed by atoms with Crippen LogP contribution in [0.5, 0.6) is 11.5 Å². The van der Waals surface area contributed by atoms with E-state index in [9.17, 15) is 4.79 Å². The average Bonchev–Trinajstić information content (AvgIpc) is 3.22. The molecule has 2 heterocycles. The van der Waals surface area contributed by atoms with E-state index < -0.39 is 0 Å². The molecule has 1 amide bonds. The molecule has 0 unspecified atom stereocenters. The van der Waals surface area contributed by atoms with Crippen LogP contribution in [-0.2, 0) is 11.2 Å². The first-order valence-electron chi connectivity index (χ1n) is 8.52. The molecule has 0 spiro atoms. The highest BCUT2D eigenvalue weighted by atomic mass is 35.5. The Bertz CT molecular complexity index is 1010. The fourth-order valence-electron chi connectivity index (χ4n) is 3.10. The van der Waals surface area contributed by atoms with Crippen LogP contribution in [0.15, 0.2) is 42.5 Å². The summed E-state index contributed by atoms with van der Waals surface area (Å²) in [6.07, 6.45) is 0.236. The Morgan fingerprint density at radius 2 is 1.89 bits per heavy atom. The van der Waals surface area contributed by atoms with Gasteiger partial charge < -0.3 is 14.8 Å². The first-order valence-corrected chi connectivity index (χ1v) is 8.89. The van der Waals surface area contributed by atoms with Crippen molar-refractivity contribution >= 4 is 23.2 Å². The van der Waals surface area contributed by atoms with Crippen molar-refractivity contribution in [2.24, 2.45) is 0 Å². The van der Waals surface area contributed by atoms with Gasteiger partial charge in [0.05, 0.1) is 17.8 Å². The van der Waals surface area contributed by atoms with Gasteiger partial charge in [0.25, 0.3) is 0 Å². The van der Waals surface area contributed by atoms with E-state index in [1.807, 2.05) is 42.8 Å². The molecule has 7 heteroatoms. The molecule has 0 aliphatic carbocycles. The molecule has 3 aromatic rings. The number of carbonyl (C=O) groups excluding carboxylic acids is 1. The molecule has 6 nitrogen and oxygen atoms in total. The van der Waals surface area contributed by atoms with Crippen molar-refractivity contribution in [2.75, 3.05) is 12.1 Å². The van der Waals surface area contributed by atoms with Gasteiger partial charge in [0, 0.05) is 28.0 Å². The van der Waals surface area contributed by atoms with Crippen LogP contribution in [-0.4, -0.2) is 22.5 Å². The van der Waals surface area contributed by atoms with Crippen molar-refractivity contribution in [2.45, 2.75) is 20.3 Å². The van der Waals surface area contributed by atoms with E-state index in [1.54, 1.807) is 18.2 Å². The predicted molar refractivity (Wildman–Crippen MR) is 103 cm³/mol. The minimum atomic E-state index is -0.115. The Balaban J connectivity index is 1.52. The van der Waals surface area contributed by atoms with Crippen LogP contribution in [0, 0.1) is 13.8 Å². The fourth-order valence-corrected chi connectivity index (χ4v) is 3.23. The molecule has 0 fully saturated rings. The largest absolute Gasteiger partial charge is 0.454 e. The minimum absolute atomic E-state index is 0.115. The van der Waals surface area contributed by atoms with Gasteiger partial charge in [-0.05, 0) is 50.2 Å². The van der Waals surface area contributed by atoms with Crippen molar-refractivity contribution in [3.8, 4) is 17.2 Å². The number of benzene rings is 2. The SMILES string of the molecule is Cc1nn(-c2ccc(Cl)cc2)c(C)c1CC(=O)Nc1ccc2c(c1)OCO2. The molecular weight excluding hydrogens is 366 g/mol. The van der Waals surface area contributed by atoms with Crippen molar-refractivity contribution in [1.82, 2.24) is 9.78 Å². The van der Waals surface area contributed by atoms with Gasteiger partial charge >= 0.3 is 0 Å². The van der Waals surface area contributed by atoms with Gasteiger partial charge in [-0.3, -0.25) is 4.79 Å². The maximum Gasteiger partial charge on any atom is 0.231 e. The number of ether oxygens (including phenoxy) is 2. The average molecular weight is 384 g/mol. The van der Waals surface area contributed by atoms with Crippen molar-refractivity contribution in [3.63, 3.8) is 0 Å². The highest BCUT2D eigenvalue weighted by Crippen LogP contribution is 2.34. The Hall–Kier alpha value is -2.99. The lowest BCUT2D eigenvalue weighted by Crippen LogP contribution is -2.15. The molecule has 1 aliphatic rings. The smallest absolute Gasteiger partial charge is 0.231 e. The molecule has 1 N–H and O–H groups in total. The second kappa shape index (κ2) is 6.96. The highest BCUT2D eigenvalue weighted by Gasteiger charge is 2.18. The quantitative estimate of drug-likeness (QED) is 0.738. The minimum Gasteiger partial charge on any atom is -0.454 e. The highest BCUT2D eigenvalue weighted by molar-refractivity contribution is 6.30. The maximum absolute atomic E-state index is 12.5. The number of anilines is 1. The number of fused-ring (bicyclic) bond motifs is 1. The lowest BCUT2D eigenvalue weighted by molar-refractivity contribution is -0.115. The summed E-state index contributed by atoms with van der Waals surface area (Å²) in [5, 5.41) is 8.15. The summed E-state index contributed by atoms with van der Waals surface area (Å²) in [5.74, 6) is 1.20. The summed E-state index contributed by atoms with van der Waals surface area (Å²) in [5.41, 5.74) is 4.23. The number of aryl methyl sites for hydroxylation is 1. The molecule has 4 rings (SSSR count). The van der Waals surface area contributed by atoms with Crippen LogP contribution in [0.3, 0.4) is 0 Å². The van der Waals surface area contributed by atoms with Crippen LogP contribution in [0.25, 0.3) is 5.69 Å². The van der Waals surface area contributed by atoms with Crippen molar-refractivity contribution in [1.29, 1.82) is 0 Å². The molecule has 138 valence electrons. The van der Waals surface area contributed by atoms with Gasteiger partial charge in [0.2, 0.25) is 12.7 Å². The molecule has 27 heavy (non-hydrogen) atoms. The molecule has 0 saturated carbocycles. The third-order valence-electron chi connectivity index (χ3n) is 4.51. The standard InChI is InChI=1S/C20H18ClN3O3/c1-12-17(13(2)24(23-12)16-6-3-14(21)4-7-16)10-20(25)22-15-5-8-18-19(9-15)27-11-26-18/h3-9H,10-11H2,1-2H3,(H,22,25). The van der Waals surface area contributed by atoms with E-state index in [0.29, 0.717) is 22.2 Å². The first-order chi connectivity index (χ1) is 13.0. The van der Waals surface area contributed by atoms with Crippen LogP contribution < -0.4 is 14.8 Å². The van der Waals surface area contributed by atoms with Gasteiger partial charge in [-0.25, -0.2) is 4.68 Å². The number of halogens is 1. The van der Waals surface area contributed by atoms with E-state index in [-0.39, 0.29) is 19.1 Å². The fraction of sp³-hybridized carbons (Fsp3) is 0.200. The third-order valence-corrected chi connectivity index (χ3v) is 4.76. The number of rotatable bonds is 4.